The van der Waals surface area contributed by atoms with Crippen molar-refractivity contribution in [1.82, 2.24) is 0 Å². The minimum atomic E-state index is 0.629. The molecule has 2 aromatic rings. The fourth-order valence-electron chi connectivity index (χ4n) is 9.45. The van der Waals surface area contributed by atoms with Gasteiger partial charge in [-0.2, -0.15) is 0 Å². The van der Waals surface area contributed by atoms with Crippen molar-refractivity contribution in [2.45, 2.75) is 83.5 Å². The predicted octanol–water partition coefficient (Wildman–Crippen LogP) is 8.67. The van der Waals surface area contributed by atoms with Gasteiger partial charge in [-0.1, -0.05) is 67.6 Å². The van der Waals surface area contributed by atoms with Gasteiger partial charge in [0, 0.05) is 0 Å². The lowest BCUT2D eigenvalue weighted by molar-refractivity contribution is -0.0649. The topological polar surface area (TPSA) is 0 Å². The molecule has 8 atom stereocenters. The summed E-state index contributed by atoms with van der Waals surface area (Å²) < 4.78 is 0. The van der Waals surface area contributed by atoms with Crippen LogP contribution in [0.2, 0.25) is 0 Å². The third-order valence-electron chi connectivity index (χ3n) is 11.0. The largest absolute Gasteiger partial charge is 0.0622 e. The van der Waals surface area contributed by atoms with E-state index in [0.29, 0.717) is 5.41 Å². The Balaban J connectivity index is 1.12. The minimum absolute atomic E-state index is 0.629. The van der Waals surface area contributed by atoms with Gasteiger partial charge in [0.25, 0.3) is 0 Å². The first kappa shape index (κ1) is 21.0. The van der Waals surface area contributed by atoms with Crippen molar-refractivity contribution in [3.05, 3.63) is 71.8 Å². The zero-order valence-corrected chi connectivity index (χ0v) is 20.1. The van der Waals surface area contributed by atoms with Gasteiger partial charge < -0.3 is 0 Å². The van der Waals surface area contributed by atoms with Crippen molar-refractivity contribution in [2.24, 2.45) is 40.9 Å². The van der Waals surface area contributed by atoms with Gasteiger partial charge in [-0.15, -0.1) is 0 Å². The SMILES string of the molecule is C[C@]12CC[C@H]3[C@@H](CCC4CC(c5ccccc5)CC[C@@H]43)[C@@H]1CC[C@@H]2CCc1ccccc1. The molecule has 4 fully saturated rings. The molecule has 2 aromatic carbocycles. The van der Waals surface area contributed by atoms with Crippen LogP contribution in [0.15, 0.2) is 60.7 Å². The second-order valence-corrected chi connectivity index (χ2v) is 12.2. The molecule has 0 N–H and O–H groups in total. The van der Waals surface area contributed by atoms with Crippen LogP contribution in [0.5, 0.6) is 0 Å². The van der Waals surface area contributed by atoms with E-state index in [1.54, 1.807) is 17.5 Å². The number of hydrogen-bond donors (Lipinski definition) is 0. The summed E-state index contributed by atoms with van der Waals surface area (Å²) in [5, 5.41) is 0. The molecule has 0 heterocycles. The van der Waals surface area contributed by atoms with Gasteiger partial charge in [0.1, 0.15) is 0 Å². The molecule has 0 aliphatic heterocycles. The van der Waals surface area contributed by atoms with E-state index in [9.17, 15) is 0 Å². The summed E-state index contributed by atoms with van der Waals surface area (Å²) in [4.78, 5) is 0. The van der Waals surface area contributed by atoms with Crippen molar-refractivity contribution in [2.75, 3.05) is 0 Å². The maximum Gasteiger partial charge on any atom is -0.0159 e. The van der Waals surface area contributed by atoms with E-state index < -0.39 is 0 Å². The van der Waals surface area contributed by atoms with E-state index in [1.165, 1.54) is 64.2 Å². The first-order chi connectivity index (χ1) is 15.7. The Morgan fingerprint density at radius 3 is 2.28 bits per heavy atom. The highest BCUT2D eigenvalue weighted by Crippen LogP contribution is 2.65. The molecule has 0 spiro atoms. The highest BCUT2D eigenvalue weighted by atomic mass is 14.6. The second kappa shape index (κ2) is 8.66. The lowest BCUT2D eigenvalue weighted by Gasteiger charge is -2.56. The molecule has 4 aliphatic carbocycles. The molecule has 4 aliphatic rings. The summed E-state index contributed by atoms with van der Waals surface area (Å²) in [7, 11) is 0. The summed E-state index contributed by atoms with van der Waals surface area (Å²) in [6, 6.07) is 22.7. The summed E-state index contributed by atoms with van der Waals surface area (Å²) in [6.45, 7) is 2.72. The Bertz CT molecular complexity index is 885. The Morgan fingerprint density at radius 1 is 0.719 bits per heavy atom. The van der Waals surface area contributed by atoms with E-state index in [1.807, 2.05) is 0 Å². The van der Waals surface area contributed by atoms with Gasteiger partial charge >= 0.3 is 0 Å². The van der Waals surface area contributed by atoms with Crippen LogP contribution in [0.3, 0.4) is 0 Å². The maximum absolute atomic E-state index is 2.72. The molecular formula is C32H42. The van der Waals surface area contributed by atoms with Crippen LogP contribution < -0.4 is 0 Å². The number of aryl methyl sites for hydroxylation is 1. The molecule has 170 valence electrons. The van der Waals surface area contributed by atoms with Crippen LogP contribution in [0.1, 0.15) is 88.2 Å². The molecule has 0 nitrogen and oxygen atoms in total. The Hall–Kier alpha value is -1.56. The highest BCUT2D eigenvalue weighted by molar-refractivity contribution is 5.21. The highest BCUT2D eigenvalue weighted by Gasteiger charge is 2.56. The summed E-state index contributed by atoms with van der Waals surface area (Å²) >= 11 is 0. The van der Waals surface area contributed by atoms with Crippen molar-refractivity contribution in [1.29, 1.82) is 0 Å². The normalized spacial score (nSPS) is 40.8. The number of fused-ring (bicyclic) bond motifs is 5. The smallest absolute Gasteiger partial charge is 0.0159 e. The zero-order chi connectivity index (χ0) is 21.5. The Labute approximate surface area is 196 Å². The Morgan fingerprint density at radius 2 is 1.47 bits per heavy atom. The van der Waals surface area contributed by atoms with Crippen LogP contribution >= 0.6 is 0 Å². The quantitative estimate of drug-likeness (QED) is 0.459. The Kier molecular flexibility index (Phi) is 5.68. The molecule has 4 saturated carbocycles. The third-order valence-corrected chi connectivity index (χ3v) is 11.0. The molecule has 0 aromatic heterocycles. The zero-order valence-electron chi connectivity index (χ0n) is 20.1. The number of rotatable bonds is 4. The van der Waals surface area contributed by atoms with Crippen LogP contribution in [0, 0.1) is 40.9 Å². The molecule has 32 heavy (non-hydrogen) atoms. The standard InChI is InChI=1S/C32H42/c1-32-21-20-29-28-17-13-25(24-10-6-3-7-11-24)22-26(28)14-18-30(29)31(32)19-16-27(32)15-12-23-8-4-2-5-9-23/h2-11,25-31H,12-22H2,1H3/t25?,26?,27-,28-,29+,30+,31-,32+/m0/s1. The van der Waals surface area contributed by atoms with Gasteiger partial charge in [0.15, 0.2) is 0 Å². The predicted molar refractivity (Wildman–Crippen MR) is 135 cm³/mol. The first-order valence-corrected chi connectivity index (χ1v) is 13.8. The van der Waals surface area contributed by atoms with Crippen molar-refractivity contribution >= 4 is 0 Å². The summed E-state index contributed by atoms with van der Waals surface area (Å²) in [5.74, 6) is 6.96. The molecule has 0 bridgehead atoms. The van der Waals surface area contributed by atoms with E-state index in [-0.39, 0.29) is 0 Å². The van der Waals surface area contributed by atoms with Gasteiger partial charge in [-0.25, -0.2) is 0 Å². The molecule has 6 rings (SSSR count). The van der Waals surface area contributed by atoms with E-state index in [4.69, 9.17) is 0 Å². The fraction of sp³-hybridized carbons (Fsp3) is 0.625. The van der Waals surface area contributed by atoms with Crippen LogP contribution in [0.25, 0.3) is 0 Å². The van der Waals surface area contributed by atoms with Crippen LogP contribution in [-0.4, -0.2) is 0 Å². The third kappa shape index (κ3) is 3.66. The van der Waals surface area contributed by atoms with Crippen LogP contribution in [0.4, 0.5) is 0 Å². The van der Waals surface area contributed by atoms with E-state index in [0.717, 1.165) is 41.4 Å². The average molecular weight is 427 g/mol. The van der Waals surface area contributed by atoms with E-state index in [2.05, 4.69) is 67.6 Å². The molecular weight excluding hydrogens is 384 g/mol. The van der Waals surface area contributed by atoms with Gasteiger partial charge in [-0.3, -0.25) is 0 Å². The molecule has 0 saturated heterocycles. The maximum atomic E-state index is 2.72. The van der Waals surface area contributed by atoms with Crippen LogP contribution in [-0.2, 0) is 6.42 Å². The fourth-order valence-corrected chi connectivity index (χ4v) is 9.45. The van der Waals surface area contributed by atoms with Crippen molar-refractivity contribution < 1.29 is 0 Å². The first-order valence-electron chi connectivity index (χ1n) is 13.8. The van der Waals surface area contributed by atoms with E-state index >= 15 is 0 Å². The molecule has 0 radical (unpaired) electrons. The second-order valence-electron chi connectivity index (χ2n) is 12.2. The average Bonchev–Trinajstić information content (AvgIpc) is 3.19. The lowest BCUT2D eigenvalue weighted by atomic mass is 9.49. The van der Waals surface area contributed by atoms with Crippen molar-refractivity contribution in [3.63, 3.8) is 0 Å². The molecule has 0 amide bonds. The summed E-state index contributed by atoms with van der Waals surface area (Å²) in [5.41, 5.74) is 3.79. The molecule has 2 unspecified atom stereocenters. The number of benzene rings is 2. The van der Waals surface area contributed by atoms with Gasteiger partial charge in [-0.05, 0) is 129 Å². The van der Waals surface area contributed by atoms with Crippen molar-refractivity contribution in [3.8, 4) is 0 Å². The van der Waals surface area contributed by atoms with Gasteiger partial charge in [0.2, 0.25) is 0 Å². The number of hydrogen-bond acceptors (Lipinski definition) is 0. The van der Waals surface area contributed by atoms with Gasteiger partial charge in [0.05, 0.1) is 0 Å². The minimum Gasteiger partial charge on any atom is -0.0622 e. The molecule has 0 heteroatoms. The lowest BCUT2D eigenvalue weighted by Crippen LogP contribution is -2.48. The monoisotopic (exact) mass is 426 g/mol. The summed E-state index contributed by atoms with van der Waals surface area (Å²) in [6.07, 6.45) is 16.3.